The number of ether oxygens (including phenoxy) is 2. The van der Waals surface area contributed by atoms with Gasteiger partial charge in [-0.25, -0.2) is 0 Å². The Labute approximate surface area is 147 Å². The summed E-state index contributed by atoms with van der Waals surface area (Å²) in [4.78, 5) is 26.0. The number of hydrogen-bond donors (Lipinski definition) is 2. The second-order valence-electron chi connectivity index (χ2n) is 5.88. The van der Waals surface area contributed by atoms with Crippen molar-refractivity contribution in [3.05, 3.63) is 29.8 Å². The van der Waals surface area contributed by atoms with Crippen LogP contribution in [0.3, 0.4) is 0 Å². The number of benzene rings is 1. The minimum Gasteiger partial charge on any atom is -0.494 e. The van der Waals surface area contributed by atoms with Gasteiger partial charge >= 0.3 is 5.97 Å². The summed E-state index contributed by atoms with van der Waals surface area (Å²) in [6.45, 7) is 6.82. The lowest BCUT2D eigenvalue weighted by molar-refractivity contribution is -0.139. The number of hydrogen-bond acceptors (Lipinski definition) is 6. The molecule has 7 nitrogen and oxygen atoms in total. The second kappa shape index (κ2) is 10.1. The first-order valence-corrected chi connectivity index (χ1v) is 8.62. The zero-order valence-electron chi connectivity index (χ0n) is 14.6. The number of nitrogens with one attached hydrogen (secondary N) is 1. The summed E-state index contributed by atoms with van der Waals surface area (Å²) in [6.07, 6.45) is -0.0770. The number of nitrogens with zero attached hydrogens (tertiary/aromatic N) is 1. The van der Waals surface area contributed by atoms with Crippen LogP contribution in [0.15, 0.2) is 24.3 Å². The monoisotopic (exact) mass is 350 g/mol. The Morgan fingerprint density at radius 2 is 1.96 bits per heavy atom. The predicted molar refractivity (Wildman–Crippen MR) is 93.2 cm³/mol. The Bertz CT molecular complexity index is 555. The molecule has 2 N–H and O–H groups in total. The van der Waals surface area contributed by atoms with Crippen molar-refractivity contribution in [2.45, 2.75) is 19.4 Å². The number of aliphatic carboxylic acids is 1. The van der Waals surface area contributed by atoms with Gasteiger partial charge in [0, 0.05) is 38.2 Å². The fourth-order valence-corrected chi connectivity index (χ4v) is 2.68. The Hall–Kier alpha value is -1.96. The third kappa shape index (κ3) is 6.45. The van der Waals surface area contributed by atoms with E-state index in [1.54, 1.807) is 24.3 Å². The highest BCUT2D eigenvalue weighted by Gasteiger charge is 2.22. The second-order valence-corrected chi connectivity index (χ2v) is 5.88. The molecule has 1 fully saturated rings. The van der Waals surface area contributed by atoms with Gasteiger partial charge in [0.15, 0.2) is 5.78 Å². The van der Waals surface area contributed by atoms with E-state index in [2.05, 4.69) is 10.2 Å². The van der Waals surface area contributed by atoms with Crippen molar-refractivity contribution in [1.29, 1.82) is 0 Å². The van der Waals surface area contributed by atoms with Gasteiger partial charge in [-0.15, -0.1) is 0 Å². The molecule has 2 rings (SSSR count). The number of rotatable bonds is 10. The van der Waals surface area contributed by atoms with Gasteiger partial charge in [-0.3, -0.25) is 14.5 Å². The lowest BCUT2D eigenvalue weighted by atomic mass is 10.0. The molecule has 1 heterocycles. The summed E-state index contributed by atoms with van der Waals surface area (Å²) in [5.74, 6) is -0.520. The summed E-state index contributed by atoms with van der Waals surface area (Å²) >= 11 is 0. The summed E-state index contributed by atoms with van der Waals surface area (Å²) < 4.78 is 10.6. The van der Waals surface area contributed by atoms with E-state index >= 15 is 0 Å². The van der Waals surface area contributed by atoms with Gasteiger partial charge in [0.2, 0.25) is 0 Å². The van der Waals surface area contributed by atoms with Gasteiger partial charge in [-0.05, 0) is 31.2 Å². The number of carboxylic acids is 1. The van der Waals surface area contributed by atoms with Gasteiger partial charge in [0.25, 0.3) is 0 Å². The average Bonchev–Trinajstić information content (AvgIpc) is 2.62. The quantitative estimate of drug-likeness (QED) is 0.609. The van der Waals surface area contributed by atoms with E-state index < -0.39 is 12.0 Å². The predicted octanol–water partition coefficient (Wildman–Crippen LogP) is 1.03. The first kappa shape index (κ1) is 19.4. The largest absolute Gasteiger partial charge is 0.494 e. The average molecular weight is 350 g/mol. The molecular weight excluding hydrogens is 324 g/mol. The van der Waals surface area contributed by atoms with E-state index in [4.69, 9.17) is 9.47 Å². The fourth-order valence-electron chi connectivity index (χ4n) is 2.68. The molecule has 1 aliphatic heterocycles. The lowest BCUT2D eigenvalue weighted by Crippen LogP contribution is -2.45. The van der Waals surface area contributed by atoms with Crippen LogP contribution >= 0.6 is 0 Å². The van der Waals surface area contributed by atoms with Crippen LogP contribution in [0.2, 0.25) is 0 Å². The summed E-state index contributed by atoms with van der Waals surface area (Å²) in [6, 6.07) is 5.89. The Morgan fingerprint density at radius 1 is 1.28 bits per heavy atom. The van der Waals surface area contributed by atoms with Gasteiger partial charge in [-0.2, -0.15) is 0 Å². The van der Waals surface area contributed by atoms with E-state index in [-0.39, 0.29) is 12.2 Å². The van der Waals surface area contributed by atoms with E-state index in [1.165, 1.54) is 0 Å². The van der Waals surface area contributed by atoms with Crippen molar-refractivity contribution in [3.63, 3.8) is 0 Å². The maximum Gasteiger partial charge on any atom is 0.321 e. The molecular formula is C18H26N2O5. The number of carbonyl (C=O) groups excluding carboxylic acids is 1. The number of Topliss-reactive ketones (excluding diaryl/α,β-unsaturated/α-hetero) is 1. The SMILES string of the molecule is CCOc1ccc(C(=O)C[C@H](NCCN2CCOCC2)C(=O)O)cc1. The summed E-state index contributed by atoms with van der Waals surface area (Å²) in [5, 5.41) is 12.3. The molecule has 1 aromatic rings. The zero-order valence-corrected chi connectivity index (χ0v) is 14.6. The van der Waals surface area contributed by atoms with E-state index in [1.807, 2.05) is 6.92 Å². The molecule has 1 saturated heterocycles. The van der Waals surface area contributed by atoms with Crippen LogP contribution in [0.4, 0.5) is 0 Å². The Morgan fingerprint density at radius 3 is 2.56 bits per heavy atom. The molecule has 0 unspecified atom stereocenters. The van der Waals surface area contributed by atoms with Crippen LogP contribution in [0.1, 0.15) is 23.7 Å². The standard InChI is InChI=1S/C18H26N2O5/c1-2-25-15-5-3-14(4-6-15)17(21)13-16(18(22)23)19-7-8-20-9-11-24-12-10-20/h3-6,16,19H,2,7-13H2,1H3,(H,22,23)/t16-/m0/s1. The molecule has 138 valence electrons. The first-order chi connectivity index (χ1) is 12.1. The van der Waals surface area contributed by atoms with E-state index in [0.29, 0.717) is 37.7 Å². The number of morpholine rings is 1. The highest BCUT2D eigenvalue weighted by molar-refractivity contribution is 5.98. The van der Waals surface area contributed by atoms with E-state index in [0.717, 1.165) is 19.6 Å². The highest BCUT2D eigenvalue weighted by atomic mass is 16.5. The van der Waals surface area contributed by atoms with Crippen LogP contribution in [0.5, 0.6) is 5.75 Å². The summed E-state index contributed by atoms with van der Waals surface area (Å²) in [7, 11) is 0. The van der Waals surface area contributed by atoms with Crippen LogP contribution in [-0.2, 0) is 9.53 Å². The van der Waals surface area contributed by atoms with E-state index in [9.17, 15) is 14.7 Å². The topological polar surface area (TPSA) is 88.1 Å². The molecule has 1 atom stereocenters. The maximum absolute atomic E-state index is 12.3. The Kier molecular flexibility index (Phi) is 7.84. The van der Waals surface area contributed by atoms with Crippen LogP contribution in [0.25, 0.3) is 0 Å². The van der Waals surface area contributed by atoms with Gasteiger partial charge in [-0.1, -0.05) is 0 Å². The highest BCUT2D eigenvalue weighted by Crippen LogP contribution is 2.14. The van der Waals surface area contributed by atoms with Crippen molar-refractivity contribution in [1.82, 2.24) is 10.2 Å². The molecule has 1 aliphatic rings. The molecule has 0 amide bonds. The van der Waals surface area contributed by atoms with Crippen LogP contribution in [0, 0.1) is 0 Å². The number of ketones is 1. The lowest BCUT2D eigenvalue weighted by Gasteiger charge is -2.27. The summed E-state index contributed by atoms with van der Waals surface area (Å²) in [5.41, 5.74) is 0.490. The van der Waals surface area contributed by atoms with Crippen molar-refractivity contribution < 1.29 is 24.2 Å². The molecule has 0 aromatic heterocycles. The van der Waals surface area contributed by atoms with Crippen molar-refractivity contribution in [3.8, 4) is 5.75 Å². The van der Waals surface area contributed by atoms with Gasteiger partial charge in [0.05, 0.1) is 19.8 Å². The third-order valence-corrected chi connectivity index (χ3v) is 4.10. The minimum absolute atomic E-state index is 0.0770. The third-order valence-electron chi connectivity index (χ3n) is 4.10. The smallest absolute Gasteiger partial charge is 0.321 e. The first-order valence-electron chi connectivity index (χ1n) is 8.62. The molecule has 0 bridgehead atoms. The van der Waals surface area contributed by atoms with Crippen LogP contribution in [-0.4, -0.2) is 73.8 Å². The molecule has 1 aromatic carbocycles. The molecule has 0 radical (unpaired) electrons. The van der Waals surface area contributed by atoms with Gasteiger partial charge < -0.3 is 19.9 Å². The van der Waals surface area contributed by atoms with Crippen LogP contribution < -0.4 is 10.1 Å². The van der Waals surface area contributed by atoms with Gasteiger partial charge in [0.1, 0.15) is 11.8 Å². The molecule has 25 heavy (non-hydrogen) atoms. The fraction of sp³-hybridized carbons (Fsp3) is 0.556. The van der Waals surface area contributed by atoms with Crippen molar-refractivity contribution in [2.24, 2.45) is 0 Å². The molecule has 0 saturated carbocycles. The molecule has 0 aliphatic carbocycles. The zero-order chi connectivity index (χ0) is 18.1. The normalized spacial score (nSPS) is 16.4. The molecule has 7 heteroatoms. The minimum atomic E-state index is -1.01. The Balaban J connectivity index is 1.82. The van der Waals surface area contributed by atoms with Crippen molar-refractivity contribution in [2.75, 3.05) is 46.0 Å². The maximum atomic E-state index is 12.3. The number of carboxylic acid groups (broad SMARTS) is 1. The molecule has 0 spiro atoms. The number of carbonyl (C=O) groups is 2. The van der Waals surface area contributed by atoms with Crippen molar-refractivity contribution >= 4 is 11.8 Å².